The molecule has 1 fully saturated rings. The van der Waals surface area contributed by atoms with Crippen molar-refractivity contribution in [2.24, 2.45) is 0 Å². The highest BCUT2D eigenvalue weighted by Crippen LogP contribution is 2.37. The van der Waals surface area contributed by atoms with Crippen molar-refractivity contribution >= 4 is 25.5 Å². The van der Waals surface area contributed by atoms with Crippen LogP contribution in [0.4, 0.5) is 5.69 Å². The lowest BCUT2D eigenvalue weighted by atomic mass is 10.2. The van der Waals surface area contributed by atoms with Crippen LogP contribution < -0.4 is 13.8 Å². The smallest absolute Gasteiger partial charge is 0.268 e. The fourth-order valence-corrected chi connectivity index (χ4v) is 6.94. The largest absolute Gasteiger partial charge is 0.508 e. The molecule has 29 heavy (non-hydrogen) atoms. The number of phenolic OH excluding ortho intramolecular Hbond substituents is 1. The van der Waals surface area contributed by atoms with Gasteiger partial charge in [-0.2, -0.15) is 0 Å². The third-order valence-corrected chi connectivity index (χ3v) is 8.18. The van der Waals surface area contributed by atoms with Crippen LogP contribution in [0.1, 0.15) is 0 Å². The highest BCUT2D eigenvalue weighted by Gasteiger charge is 2.45. The van der Waals surface area contributed by atoms with E-state index in [0.717, 1.165) is 4.31 Å². The molecule has 11 heteroatoms. The molecule has 1 saturated heterocycles. The molecule has 2 N–H and O–H groups in total. The number of benzene rings is 2. The molecule has 1 aliphatic heterocycles. The first kappa shape index (κ1) is 21.2. The van der Waals surface area contributed by atoms with Crippen molar-refractivity contribution in [2.45, 2.75) is 17.0 Å². The maximum Gasteiger partial charge on any atom is 0.268 e. The van der Waals surface area contributed by atoms with E-state index in [1.165, 1.54) is 56.7 Å². The van der Waals surface area contributed by atoms with Gasteiger partial charge in [0.1, 0.15) is 22.1 Å². The summed E-state index contributed by atoms with van der Waals surface area (Å²) in [7, 11) is -5.32. The topological polar surface area (TPSA) is 130 Å². The second-order valence-corrected chi connectivity index (χ2v) is 10.5. The zero-order valence-corrected chi connectivity index (χ0v) is 17.4. The molecule has 158 valence electrons. The van der Waals surface area contributed by atoms with Crippen molar-refractivity contribution in [2.75, 3.05) is 30.0 Å². The van der Waals surface area contributed by atoms with E-state index in [0.29, 0.717) is 5.75 Å². The van der Waals surface area contributed by atoms with Gasteiger partial charge in [-0.1, -0.05) is 6.07 Å². The van der Waals surface area contributed by atoms with E-state index in [9.17, 15) is 27.0 Å². The van der Waals surface area contributed by atoms with Crippen LogP contribution in [0.3, 0.4) is 0 Å². The quantitative estimate of drug-likeness (QED) is 0.669. The number of sulfonamides is 1. The van der Waals surface area contributed by atoms with Crippen LogP contribution in [0.25, 0.3) is 0 Å². The maximum atomic E-state index is 13.6. The number of phenols is 1. The Morgan fingerprint density at radius 1 is 1.07 bits per heavy atom. The Kier molecular flexibility index (Phi) is 5.65. The van der Waals surface area contributed by atoms with Gasteiger partial charge in [0.05, 0.1) is 43.6 Å². The van der Waals surface area contributed by atoms with E-state index in [1.807, 2.05) is 0 Å². The van der Waals surface area contributed by atoms with Gasteiger partial charge < -0.3 is 19.7 Å². The Hall–Kier alpha value is -2.50. The number of hydrogen-bond acceptors (Lipinski definition) is 8. The molecule has 0 saturated carbocycles. The number of aromatic hydroxyl groups is 1. The minimum Gasteiger partial charge on any atom is -0.508 e. The van der Waals surface area contributed by atoms with Gasteiger partial charge in [-0.15, -0.1) is 0 Å². The molecule has 1 heterocycles. The standard InChI is InChI=1S/C18H21NO8S2/c1-26-14-6-7-18(17(9-14)27-2)29(24,25)19(12-4-3-5-13(20)8-12)15-10-28(22,23)11-16(15)21/h3-9,15-16,20-21H,10-11H2,1-2H3/t15-,16-/m1/s1. The number of anilines is 1. The van der Waals surface area contributed by atoms with Crippen molar-refractivity contribution < 1.29 is 36.5 Å². The van der Waals surface area contributed by atoms with E-state index in [-0.39, 0.29) is 22.1 Å². The summed E-state index contributed by atoms with van der Waals surface area (Å²) in [5.41, 5.74) is 0.0176. The van der Waals surface area contributed by atoms with Gasteiger partial charge in [0.2, 0.25) is 0 Å². The average Bonchev–Trinajstić information content (AvgIpc) is 2.93. The van der Waals surface area contributed by atoms with Crippen LogP contribution in [0.2, 0.25) is 0 Å². The summed E-state index contributed by atoms with van der Waals surface area (Å²) in [4.78, 5) is -0.236. The predicted octanol–water partition coefficient (Wildman–Crippen LogP) is 0.763. The minimum atomic E-state index is -4.39. The van der Waals surface area contributed by atoms with Gasteiger partial charge in [-0.3, -0.25) is 4.31 Å². The summed E-state index contributed by atoms with van der Waals surface area (Å²) in [6.07, 6.45) is -1.43. The highest BCUT2D eigenvalue weighted by molar-refractivity contribution is 7.93. The van der Waals surface area contributed by atoms with E-state index in [2.05, 4.69) is 0 Å². The molecule has 0 spiro atoms. The molecular weight excluding hydrogens is 422 g/mol. The fraction of sp³-hybridized carbons (Fsp3) is 0.333. The number of nitrogens with zero attached hydrogens (tertiary/aromatic N) is 1. The number of hydrogen-bond donors (Lipinski definition) is 2. The first-order valence-corrected chi connectivity index (χ1v) is 11.8. The van der Waals surface area contributed by atoms with Gasteiger partial charge >= 0.3 is 0 Å². The zero-order valence-electron chi connectivity index (χ0n) is 15.7. The summed E-state index contributed by atoms with van der Waals surface area (Å²) in [5, 5.41) is 20.2. The lowest BCUT2D eigenvalue weighted by Gasteiger charge is -2.32. The Bertz CT molecular complexity index is 1110. The number of aliphatic hydroxyl groups is 1. The Labute approximate surface area is 169 Å². The van der Waals surface area contributed by atoms with Gasteiger partial charge in [-0.05, 0) is 24.3 Å². The Morgan fingerprint density at radius 2 is 1.79 bits per heavy atom. The van der Waals surface area contributed by atoms with Gasteiger partial charge in [0.15, 0.2) is 9.84 Å². The molecule has 9 nitrogen and oxygen atoms in total. The molecule has 0 radical (unpaired) electrons. The SMILES string of the molecule is COc1ccc(S(=O)(=O)N(c2cccc(O)c2)[C@@H]2CS(=O)(=O)C[C@H]2O)c(OC)c1. The Balaban J connectivity index is 2.21. The molecule has 0 aromatic heterocycles. The van der Waals surface area contributed by atoms with Crippen molar-refractivity contribution in [1.82, 2.24) is 0 Å². The molecule has 2 aromatic rings. The fourth-order valence-electron chi connectivity index (χ4n) is 3.27. The molecule has 0 bridgehead atoms. The van der Waals surface area contributed by atoms with Gasteiger partial charge in [0, 0.05) is 12.1 Å². The summed E-state index contributed by atoms with van der Waals surface area (Å²) in [5.74, 6) is -0.957. The first-order chi connectivity index (χ1) is 13.6. The molecule has 1 aliphatic rings. The summed E-state index contributed by atoms with van der Waals surface area (Å²) in [6, 6.07) is 8.19. The van der Waals surface area contributed by atoms with Crippen LogP contribution in [0.15, 0.2) is 47.4 Å². The third kappa shape index (κ3) is 4.11. The number of methoxy groups -OCH3 is 2. The molecule has 0 aliphatic carbocycles. The van der Waals surface area contributed by atoms with Crippen LogP contribution in [-0.4, -0.2) is 64.9 Å². The maximum absolute atomic E-state index is 13.6. The monoisotopic (exact) mass is 443 g/mol. The predicted molar refractivity (Wildman–Crippen MR) is 106 cm³/mol. The molecular formula is C18H21NO8S2. The number of aliphatic hydroxyl groups excluding tert-OH is 1. The number of ether oxygens (including phenoxy) is 2. The average molecular weight is 443 g/mol. The lowest BCUT2D eigenvalue weighted by molar-refractivity contribution is 0.184. The molecule has 0 amide bonds. The van der Waals surface area contributed by atoms with Crippen molar-refractivity contribution in [1.29, 1.82) is 0 Å². The summed E-state index contributed by atoms with van der Waals surface area (Å²) >= 11 is 0. The van der Waals surface area contributed by atoms with Crippen molar-refractivity contribution in [3.63, 3.8) is 0 Å². The first-order valence-electron chi connectivity index (χ1n) is 8.53. The lowest BCUT2D eigenvalue weighted by Crippen LogP contribution is -2.47. The normalized spacial score (nSPS) is 20.9. The van der Waals surface area contributed by atoms with Crippen molar-refractivity contribution in [3.05, 3.63) is 42.5 Å². The van der Waals surface area contributed by atoms with Crippen LogP contribution in [-0.2, 0) is 19.9 Å². The van der Waals surface area contributed by atoms with Crippen LogP contribution in [0, 0.1) is 0 Å². The second-order valence-electron chi connectivity index (χ2n) is 6.55. The molecule has 3 rings (SSSR count). The highest BCUT2D eigenvalue weighted by atomic mass is 32.2. The molecule has 2 aromatic carbocycles. The summed E-state index contributed by atoms with van der Waals surface area (Å²) < 4.78 is 62.4. The van der Waals surface area contributed by atoms with Crippen molar-refractivity contribution in [3.8, 4) is 17.2 Å². The van der Waals surface area contributed by atoms with Crippen LogP contribution >= 0.6 is 0 Å². The van der Waals surface area contributed by atoms with Gasteiger partial charge in [-0.25, -0.2) is 16.8 Å². The second kappa shape index (κ2) is 7.73. The third-order valence-electron chi connectivity index (χ3n) is 4.59. The Morgan fingerprint density at radius 3 is 2.34 bits per heavy atom. The van der Waals surface area contributed by atoms with E-state index >= 15 is 0 Å². The number of rotatable bonds is 6. The van der Waals surface area contributed by atoms with Gasteiger partial charge in [0.25, 0.3) is 10.0 Å². The van der Waals surface area contributed by atoms with E-state index < -0.39 is 43.5 Å². The van der Waals surface area contributed by atoms with Crippen LogP contribution in [0.5, 0.6) is 17.2 Å². The minimum absolute atomic E-state index is 0.00940. The number of sulfone groups is 1. The zero-order chi connectivity index (χ0) is 21.4. The van der Waals surface area contributed by atoms with E-state index in [1.54, 1.807) is 0 Å². The van der Waals surface area contributed by atoms with E-state index in [4.69, 9.17) is 9.47 Å². The molecule has 0 unspecified atom stereocenters. The summed E-state index contributed by atoms with van der Waals surface area (Å²) in [6.45, 7) is 0. The molecule has 2 atom stereocenters.